The Morgan fingerprint density at radius 1 is 1.22 bits per heavy atom. The van der Waals surface area contributed by atoms with E-state index >= 15 is 0 Å². The van der Waals surface area contributed by atoms with Gasteiger partial charge in [0.25, 0.3) is 0 Å². The Morgan fingerprint density at radius 2 is 2.06 bits per heavy atom. The number of aldehydes is 1. The third kappa shape index (κ3) is 2.46. The molecule has 0 radical (unpaired) electrons. The van der Waals surface area contributed by atoms with E-state index in [4.69, 9.17) is 5.26 Å². The molecule has 0 spiro atoms. The van der Waals surface area contributed by atoms with E-state index in [1.807, 2.05) is 43.3 Å². The smallest absolute Gasteiger partial charge is 0.150 e. The predicted molar refractivity (Wildman–Crippen MR) is 71.3 cm³/mol. The topological polar surface area (TPSA) is 40.9 Å². The first-order valence-corrected chi connectivity index (χ1v) is 5.76. The van der Waals surface area contributed by atoms with Crippen molar-refractivity contribution in [2.45, 2.75) is 13.3 Å². The van der Waals surface area contributed by atoms with Gasteiger partial charge < -0.3 is 0 Å². The highest BCUT2D eigenvalue weighted by atomic mass is 16.1. The van der Waals surface area contributed by atoms with Gasteiger partial charge >= 0.3 is 0 Å². The van der Waals surface area contributed by atoms with Crippen LogP contribution in [0.2, 0.25) is 0 Å². The molecule has 0 aliphatic rings. The predicted octanol–water partition coefficient (Wildman–Crippen LogP) is 3.54. The molecule has 18 heavy (non-hydrogen) atoms. The maximum absolute atomic E-state index is 10.8. The lowest BCUT2D eigenvalue weighted by atomic mass is 9.96. The Balaban J connectivity index is 2.44. The van der Waals surface area contributed by atoms with Crippen molar-refractivity contribution in [3.8, 4) is 17.2 Å². The summed E-state index contributed by atoms with van der Waals surface area (Å²) in [5, 5.41) is 8.68. The second kappa shape index (κ2) is 5.29. The maximum atomic E-state index is 10.8. The number of hydrogen-bond donors (Lipinski definition) is 0. The molecule has 0 heterocycles. The second-order valence-corrected chi connectivity index (χ2v) is 4.23. The summed E-state index contributed by atoms with van der Waals surface area (Å²) >= 11 is 0. The zero-order valence-corrected chi connectivity index (χ0v) is 10.2. The van der Waals surface area contributed by atoms with Crippen LogP contribution in [0, 0.1) is 18.3 Å². The number of hydrogen-bond acceptors (Lipinski definition) is 2. The highest BCUT2D eigenvalue weighted by molar-refractivity contribution is 5.79. The third-order valence-electron chi connectivity index (χ3n) is 2.91. The largest absolute Gasteiger partial charge is 0.298 e. The van der Waals surface area contributed by atoms with Gasteiger partial charge in [-0.15, -0.1) is 0 Å². The molecule has 2 aromatic rings. The molecule has 2 nitrogen and oxygen atoms in total. The normalized spacial score (nSPS) is 9.78. The molecule has 0 fully saturated rings. The molecule has 0 atom stereocenters. The van der Waals surface area contributed by atoms with Crippen LogP contribution in [0.5, 0.6) is 0 Å². The molecule has 2 rings (SSSR count). The first kappa shape index (κ1) is 12.1. The summed E-state index contributed by atoms with van der Waals surface area (Å²) in [6, 6.07) is 15.6. The average molecular weight is 235 g/mol. The maximum Gasteiger partial charge on any atom is 0.150 e. The van der Waals surface area contributed by atoms with E-state index in [1.165, 1.54) is 0 Å². The highest BCUT2D eigenvalue weighted by Gasteiger charge is 2.03. The van der Waals surface area contributed by atoms with E-state index in [-0.39, 0.29) is 0 Å². The van der Waals surface area contributed by atoms with Crippen molar-refractivity contribution in [1.29, 1.82) is 5.26 Å². The van der Waals surface area contributed by atoms with Gasteiger partial charge in [-0.2, -0.15) is 5.26 Å². The molecule has 2 heteroatoms. The molecular weight excluding hydrogens is 222 g/mol. The first-order chi connectivity index (χ1) is 8.74. The molecule has 0 N–H and O–H groups in total. The molecule has 0 bridgehead atoms. The molecule has 0 aliphatic carbocycles. The van der Waals surface area contributed by atoms with E-state index in [1.54, 1.807) is 6.07 Å². The van der Waals surface area contributed by atoms with Crippen LogP contribution in [-0.4, -0.2) is 6.29 Å². The molecule has 0 saturated carbocycles. The van der Waals surface area contributed by atoms with E-state index in [2.05, 4.69) is 6.07 Å². The van der Waals surface area contributed by atoms with Gasteiger partial charge in [-0.3, -0.25) is 4.79 Å². The van der Waals surface area contributed by atoms with Crippen LogP contribution < -0.4 is 0 Å². The molecule has 0 aliphatic heterocycles. The van der Waals surface area contributed by atoms with Crippen molar-refractivity contribution in [1.82, 2.24) is 0 Å². The van der Waals surface area contributed by atoms with Crippen LogP contribution in [0.15, 0.2) is 42.5 Å². The van der Waals surface area contributed by atoms with Gasteiger partial charge in [0.15, 0.2) is 0 Å². The minimum absolute atomic E-state index is 0.426. The Hall–Kier alpha value is -2.40. The fourth-order valence-electron chi connectivity index (χ4n) is 2.03. The van der Waals surface area contributed by atoms with Crippen molar-refractivity contribution in [2.24, 2.45) is 0 Å². The Bertz CT molecular complexity index is 623. The fourth-order valence-corrected chi connectivity index (χ4v) is 2.03. The van der Waals surface area contributed by atoms with E-state index in [9.17, 15) is 4.79 Å². The minimum atomic E-state index is 0.426. The van der Waals surface area contributed by atoms with Gasteiger partial charge in [0.2, 0.25) is 0 Å². The Kier molecular flexibility index (Phi) is 3.54. The number of aryl methyl sites for hydroxylation is 1. The fraction of sp³-hybridized carbons (Fsp3) is 0.125. The molecule has 2 aromatic carbocycles. The summed E-state index contributed by atoms with van der Waals surface area (Å²) in [6.45, 7) is 2.02. The summed E-state index contributed by atoms with van der Waals surface area (Å²) in [6.07, 6.45) is 1.28. The van der Waals surface area contributed by atoms with Crippen LogP contribution >= 0.6 is 0 Å². The second-order valence-electron chi connectivity index (χ2n) is 4.23. The quantitative estimate of drug-likeness (QED) is 0.763. The van der Waals surface area contributed by atoms with Crippen LogP contribution in [0.1, 0.15) is 21.5 Å². The SMILES string of the molecule is Cc1cc(CC#N)ccc1-c1cccc(C=O)c1. The van der Waals surface area contributed by atoms with E-state index < -0.39 is 0 Å². The van der Waals surface area contributed by atoms with Crippen molar-refractivity contribution in [2.75, 3.05) is 0 Å². The highest BCUT2D eigenvalue weighted by Crippen LogP contribution is 2.25. The lowest BCUT2D eigenvalue weighted by molar-refractivity contribution is 0.112. The third-order valence-corrected chi connectivity index (χ3v) is 2.91. The summed E-state index contributed by atoms with van der Waals surface area (Å²) in [4.78, 5) is 10.8. The van der Waals surface area contributed by atoms with Gasteiger partial charge in [-0.05, 0) is 35.2 Å². The van der Waals surface area contributed by atoms with E-state index in [0.717, 1.165) is 28.5 Å². The Labute approximate surface area is 107 Å². The number of nitriles is 1. The summed E-state index contributed by atoms with van der Waals surface area (Å²) in [5.41, 5.74) is 4.94. The lowest BCUT2D eigenvalue weighted by Gasteiger charge is -2.08. The molecular formula is C16H13NO. The first-order valence-electron chi connectivity index (χ1n) is 5.76. The summed E-state index contributed by atoms with van der Waals surface area (Å²) in [7, 11) is 0. The molecule has 0 aromatic heterocycles. The van der Waals surface area contributed by atoms with Crippen molar-refractivity contribution in [3.05, 3.63) is 59.2 Å². The van der Waals surface area contributed by atoms with Gasteiger partial charge in [-0.25, -0.2) is 0 Å². The van der Waals surface area contributed by atoms with Crippen molar-refractivity contribution in [3.63, 3.8) is 0 Å². The number of nitrogens with zero attached hydrogens (tertiary/aromatic N) is 1. The monoisotopic (exact) mass is 235 g/mol. The van der Waals surface area contributed by atoms with Gasteiger partial charge in [0.1, 0.15) is 6.29 Å². The van der Waals surface area contributed by atoms with Gasteiger partial charge in [-0.1, -0.05) is 36.4 Å². The zero-order chi connectivity index (χ0) is 13.0. The van der Waals surface area contributed by atoms with Gasteiger partial charge in [0, 0.05) is 5.56 Å². The van der Waals surface area contributed by atoms with Crippen molar-refractivity contribution >= 4 is 6.29 Å². The molecule has 0 saturated heterocycles. The van der Waals surface area contributed by atoms with Crippen LogP contribution in [0.4, 0.5) is 0 Å². The molecule has 0 amide bonds. The average Bonchev–Trinajstić information content (AvgIpc) is 2.39. The number of carbonyl (C=O) groups excluding carboxylic acids is 1. The standard InChI is InChI=1S/C16H13NO/c1-12-9-13(7-8-17)5-6-16(12)15-4-2-3-14(10-15)11-18/h2-6,9-11H,7H2,1H3. The minimum Gasteiger partial charge on any atom is -0.298 e. The lowest BCUT2D eigenvalue weighted by Crippen LogP contribution is -1.89. The van der Waals surface area contributed by atoms with Crippen LogP contribution in [0.3, 0.4) is 0 Å². The molecule has 0 unspecified atom stereocenters. The number of rotatable bonds is 3. The number of carbonyl (C=O) groups is 1. The van der Waals surface area contributed by atoms with E-state index in [0.29, 0.717) is 12.0 Å². The number of benzene rings is 2. The van der Waals surface area contributed by atoms with Crippen LogP contribution in [-0.2, 0) is 6.42 Å². The molecule has 88 valence electrons. The summed E-state index contributed by atoms with van der Waals surface area (Å²) in [5.74, 6) is 0. The Morgan fingerprint density at radius 3 is 2.72 bits per heavy atom. The van der Waals surface area contributed by atoms with Crippen molar-refractivity contribution < 1.29 is 4.79 Å². The van der Waals surface area contributed by atoms with Gasteiger partial charge in [0.05, 0.1) is 12.5 Å². The summed E-state index contributed by atoms with van der Waals surface area (Å²) < 4.78 is 0. The zero-order valence-electron chi connectivity index (χ0n) is 10.2. The van der Waals surface area contributed by atoms with Crippen LogP contribution in [0.25, 0.3) is 11.1 Å².